The maximum Gasteiger partial charge on any atom is 0.347 e. The lowest BCUT2D eigenvalue weighted by Crippen LogP contribution is -2.43. The van der Waals surface area contributed by atoms with Gasteiger partial charge in [0.2, 0.25) is 5.91 Å². The molecule has 7 heteroatoms. The number of aryl methyl sites for hydroxylation is 2. The highest BCUT2D eigenvalue weighted by Gasteiger charge is 2.26. The van der Waals surface area contributed by atoms with E-state index in [1.54, 1.807) is 11.5 Å². The summed E-state index contributed by atoms with van der Waals surface area (Å²) in [6, 6.07) is 18.0. The van der Waals surface area contributed by atoms with Crippen molar-refractivity contribution in [3.8, 4) is 0 Å². The summed E-state index contributed by atoms with van der Waals surface area (Å²) in [6.07, 6.45) is 0.747. The molecule has 1 atom stereocenters. The lowest BCUT2D eigenvalue weighted by atomic mass is 10.1. The van der Waals surface area contributed by atoms with E-state index in [2.05, 4.69) is 17.1 Å². The molecule has 0 bridgehead atoms. The van der Waals surface area contributed by atoms with Gasteiger partial charge in [0.25, 0.3) is 0 Å². The Morgan fingerprint density at radius 3 is 2.69 bits per heavy atom. The number of carbonyl (C=O) groups is 1. The number of hydrogen-bond acceptors (Lipinski definition) is 5. The molecule has 3 heterocycles. The van der Waals surface area contributed by atoms with Gasteiger partial charge in [-0.05, 0) is 37.6 Å². The van der Waals surface area contributed by atoms with Crippen LogP contribution >= 0.6 is 0 Å². The number of benzene rings is 1. The Hall–Kier alpha value is -3.32. The molecule has 32 heavy (non-hydrogen) atoms. The molecule has 3 aromatic rings. The summed E-state index contributed by atoms with van der Waals surface area (Å²) in [5.74, 6) is 0.00520. The Kier molecular flexibility index (Phi) is 6.75. The predicted molar refractivity (Wildman–Crippen MR) is 121 cm³/mol. The SMILES string of the molecule is Cc1cc(C)n(CCC(=O)N2CCO[C@@H](c3cccc(Cc4ccccc4)n3)C2)c(=O)n1. The second-order valence-electron chi connectivity index (χ2n) is 8.14. The summed E-state index contributed by atoms with van der Waals surface area (Å²) in [7, 11) is 0. The van der Waals surface area contributed by atoms with E-state index in [-0.39, 0.29) is 24.1 Å². The number of ether oxygens (including phenoxy) is 1. The van der Waals surface area contributed by atoms with E-state index in [1.165, 1.54) is 5.56 Å². The molecule has 2 aromatic heterocycles. The van der Waals surface area contributed by atoms with Gasteiger partial charge in [0.1, 0.15) is 6.10 Å². The van der Waals surface area contributed by atoms with Crippen LogP contribution in [0.25, 0.3) is 0 Å². The number of amides is 1. The Morgan fingerprint density at radius 1 is 1.09 bits per heavy atom. The first-order chi connectivity index (χ1) is 15.5. The average molecular weight is 433 g/mol. The van der Waals surface area contributed by atoms with E-state index in [0.717, 1.165) is 23.5 Å². The van der Waals surface area contributed by atoms with Crippen LogP contribution in [0.2, 0.25) is 0 Å². The van der Waals surface area contributed by atoms with Crippen LogP contribution in [0.3, 0.4) is 0 Å². The van der Waals surface area contributed by atoms with Gasteiger partial charge in [-0.15, -0.1) is 0 Å². The number of pyridine rings is 1. The van der Waals surface area contributed by atoms with Crippen molar-refractivity contribution in [1.29, 1.82) is 0 Å². The Balaban J connectivity index is 1.39. The molecule has 1 saturated heterocycles. The van der Waals surface area contributed by atoms with Crippen LogP contribution in [0.1, 0.15) is 40.9 Å². The Bertz CT molecular complexity index is 1140. The minimum Gasteiger partial charge on any atom is -0.368 e. The van der Waals surface area contributed by atoms with Gasteiger partial charge in [-0.2, -0.15) is 4.98 Å². The fourth-order valence-corrected chi connectivity index (χ4v) is 4.05. The number of morpholine rings is 1. The predicted octanol–water partition coefficient (Wildman–Crippen LogP) is 2.84. The van der Waals surface area contributed by atoms with Crippen molar-refractivity contribution in [2.45, 2.75) is 39.3 Å². The molecule has 0 saturated carbocycles. The van der Waals surface area contributed by atoms with Gasteiger partial charge in [-0.25, -0.2) is 4.79 Å². The molecule has 1 aliphatic heterocycles. The fraction of sp³-hybridized carbons (Fsp3) is 0.360. The third kappa shape index (κ3) is 5.29. The van der Waals surface area contributed by atoms with E-state index < -0.39 is 0 Å². The zero-order valence-electron chi connectivity index (χ0n) is 18.5. The molecular weight excluding hydrogens is 404 g/mol. The zero-order valence-corrected chi connectivity index (χ0v) is 18.5. The van der Waals surface area contributed by atoms with Gasteiger partial charge in [0, 0.05) is 43.0 Å². The number of hydrogen-bond donors (Lipinski definition) is 0. The van der Waals surface area contributed by atoms with Crippen molar-refractivity contribution in [1.82, 2.24) is 19.4 Å². The Morgan fingerprint density at radius 2 is 1.91 bits per heavy atom. The van der Waals surface area contributed by atoms with Gasteiger partial charge < -0.3 is 9.64 Å². The van der Waals surface area contributed by atoms with Crippen LogP contribution in [0.5, 0.6) is 0 Å². The molecule has 1 fully saturated rings. The van der Waals surface area contributed by atoms with Crippen LogP contribution in [0.4, 0.5) is 0 Å². The smallest absolute Gasteiger partial charge is 0.347 e. The summed E-state index contributed by atoms with van der Waals surface area (Å²) in [6.45, 7) is 5.44. The molecule has 1 amide bonds. The average Bonchev–Trinajstić information content (AvgIpc) is 2.79. The first-order valence-electron chi connectivity index (χ1n) is 10.9. The molecule has 166 valence electrons. The molecule has 7 nitrogen and oxygen atoms in total. The highest BCUT2D eigenvalue weighted by Crippen LogP contribution is 2.22. The first kappa shape index (κ1) is 21.9. The molecular formula is C25H28N4O3. The van der Waals surface area contributed by atoms with Crippen LogP contribution in [0.15, 0.2) is 59.4 Å². The van der Waals surface area contributed by atoms with E-state index in [4.69, 9.17) is 9.72 Å². The highest BCUT2D eigenvalue weighted by atomic mass is 16.5. The van der Waals surface area contributed by atoms with Crippen molar-refractivity contribution in [2.75, 3.05) is 19.7 Å². The zero-order chi connectivity index (χ0) is 22.5. The van der Waals surface area contributed by atoms with E-state index in [1.807, 2.05) is 54.3 Å². The van der Waals surface area contributed by atoms with E-state index in [9.17, 15) is 9.59 Å². The molecule has 4 rings (SSSR count). The minimum absolute atomic E-state index is 0.00520. The van der Waals surface area contributed by atoms with Crippen LogP contribution in [-0.4, -0.2) is 45.0 Å². The third-order valence-electron chi connectivity index (χ3n) is 5.70. The summed E-state index contributed by atoms with van der Waals surface area (Å²) >= 11 is 0. The van der Waals surface area contributed by atoms with Crippen LogP contribution in [0, 0.1) is 13.8 Å². The summed E-state index contributed by atoms with van der Waals surface area (Å²) in [5.41, 5.74) is 4.21. The normalized spacial score (nSPS) is 16.2. The van der Waals surface area contributed by atoms with Gasteiger partial charge >= 0.3 is 5.69 Å². The van der Waals surface area contributed by atoms with Crippen molar-refractivity contribution in [3.63, 3.8) is 0 Å². The lowest BCUT2D eigenvalue weighted by molar-refractivity contribution is -0.139. The molecule has 0 unspecified atom stereocenters. The molecule has 1 aromatic carbocycles. The van der Waals surface area contributed by atoms with Crippen molar-refractivity contribution in [3.05, 3.63) is 93.4 Å². The summed E-state index contributed by atoms with van der Waals surface area (Å²) in [4.78, 5) is 35.6. The van der Waals surface area contributed by atoms with Gasteiger partial charge in [0.15, 0.2) is 0 Å². The summed E-state index contributed by atoms with van der Waals surface area (Å²) < 4.78 is 7.50. The summed E-state index contributed by atoms with van der Waals surface area (Å²) in [5, 5.41) is 0. The van der Waals surface area contributed by atoms with Gasteiger partial charge in [-0.3, -0.25) is 14.3 Å². The van der Waals surface area contributed by atoms with E-state index >= 15 is 0 Å². The number of aromatic nitrogens is 3. The largest absolute Gasteiger partial charge is 0.368 e. The minimum atomic E-state index is -0.311. The van der Waals surface area contributed by atoms with Gasteiger partial charge in [0.05, 0.1) is 18.8 Å². The molecule has 0 spiro atoms. The monoisotopic (exact) mass is 432 g/mol. The second-order valence-corrected chi connectivity index (χ2v) is 8.14. The standard InChI is InChI=1S/C25H28N4O3/c1-18-15-19(2)29(25(31)26-18)12-11-24(30)28-13-14-32-23(17-28)22-10-6-9-21(27-22)16-20-7-4-3-5-8-20/h3-10,15,23H,11-14,16-17H2,1-2H3/t23-/m1/s1. The van der Waals surface area contributed by atoms with E-state index in [0.29, 0.717) is 31.9 Å². The van der Waals surface area contributed by atoms with Crippen LogP contribution < -0.4 is 5.69 Å². The molecule has 0 N–H and O–H groups in total. The topological polar surface area (TPSA) is 77.3 Å². The highest BCUT2D eigenvalue weighted by molar-refractivity contribution is 5.76. The van der Waals surface area contributed by atoms with Gasteiger partial charge in [-0.1, -0.05) is 36.4 Å². The molecule has 0 aliphatic carbocycles. The maximum absolute atomic E-state index is 12.9. The fourth-order valence-electron chi connectivity index (χ4n) is 4.05. The molecule has 0 radical (unpaired) electrons. The molecule has 1 aliphatic rings. The van der Waals surface area contributed by atoms with Crippen molar-refractivity contribution >= 4 is 5.91 Å². The van der Waals surface area contributed by atoms with Crippen molar-refractivity contribution < 1.29 is 9.53 Å². The number of rotatable bonds is 6. The van der Waals surface area contributed by atoms with Crippen molar-refractivity contribution in [2.24, 2.45) is 0 Å². The quantitative estimate of drug-likeness (QED) is 0.599. The number of carbonyl (C=O) groups excluding carboxylic acids is 1. The lowest BCUT2D eigenvalue weighted by Gasteiger charge is -2.33. The number of nitrogens with zero attached hydrogens (tertiary/aromatic N) is 4. The van der Waals surface area contributed by atoms with Crippen LogP contribution in [-0.2, 0) is 22.5 Å². The third-order valence-corrected chi connectivity index (χ3v) is 5.70. The first-order valence-corrected chi connectivity index (χ1v) is 10.9. The maximum atomic E-state index is 12.9. The Labute approximate surface area is 187 Å². The second kappa shape index (κ2) is 9.87.